The van der Waals surface area contributed by atoms with E-state index in [0.717, 1.165) is 23.9 Å². The summed E-state index contributed by atoms with van der Waals surface area (Å²) in [5, 5.41) is 7.66. The predicted octanol–water partition coefficient (Wildman–Crippen LogP) is 2.72. The van der Waals surface area contributed by atoms with E-state index >= 15 is 0 Å². The summed E-state index contributed by atoms with van der Waals surface area (Å²) >= 11 is 0. The van der Waals surface area contributed by atoms with E-state index in [1.807, 2.05) is 29.8 Å². The Morgan fingerprint density at radius 1 is 1.38 bits per heavy atom. The summed E-state index contributed by atoms with van der Waals surface area (Å²) in [6.07, 6.45) is 0. The molecule has 0 aliphatic carbocycles. The van der Waals surface area contributed by atoms with Crippen molar-refractivity contribution in [3.63, 3.8) is 0 Å². The lowest BCUT2D eigenvalue weighted by molar-refractivity contribution is 0.490. The van der Waals surface area contributed by atoms with Gasteiger partial charge < -0.3 is 9.73 Å². The quantitative estimate of drug-likeness (QED) is 0.859. The first-order valence-electron chi connectivity index (χ1n) is 5.52. The van der Waals surface area contributed by atoms with E-state index in [0.29, 0.717) is 6.54 Å². The Morgan fingerprint density at radius 3 is 2.75 bits per heavy atom. The second kappa shape index (κ2) is 4.43. The molecule has 0 fully saturated rings. The van der Waals surface area contributed by atoms with Crippen LogP contribution in [-0.2, 0) is 13.1 Å². The van der Waals surface area contributed by atoms with E-state index < -0.39 is 0 Å². The lowest BCUT2D eigenvalue weighted by atomic mass is 10.4. The van der Waals surface area contributed by atoms with Crippen molar-refractivity contribution >= 4 is 5.82 Å². The number of aryl methyl sites for hydroxylation is 3. The smallest absolute Gasteiger partial charge is 0.148 e. The normalized spacial score (nSPS) is 10.7. The van der Waals surface area contributed by atoms with Gasteiger partial charge in [-0.3, -0.25) is 4.68 Å². The minimum absolute atomic E-state index is 0.675. The van der Waals surface area contributed by atoms with Gasteiger partial charge in [-0.2, -0.15) is 5.10 Å². The highest BCUT2D eigenvalue weighted by Gasteiger charge is 2.03. The van der Waals surface area contributed by atoms with Gasteiger partial charge in [0.15, 0.2) is 0 Å². The molecule has 4 nitrogen and oxygen atoms in total. The number of nitrogens with zero attached hydrogens (tertiary/aromatic N) is 2. The molecule has 2 heterocycles. The third-order valence-electron chi connectivity index (χ3n) is 2.52. The van der Waals surface area contributed by atoms with Crippen LogP contribution < -0.4 is 5.32 Å². The van der Waals surface area contributed by atoms with Gasteiger partial charge in [-0.15, -0.1) is 0 Å². The van der Waals surface area contributed by atoms with E-state index in [2.05, 4.69) is 24.3 Å². The van der Waals surface area contributed by atoms with Crippen LogP contribution in [-0.4, -0.2) is 9.78 Å². The Morgan fingerprint density at radius 2 is 2.19 bits per heavy atom. The molecule has 86 valence electrons. The van der Waals surface area contributed by atoms with Crippen molar-refractivity contribution in [3.05, 3.63) is 35.4 Å². The predicted molar refractivity (Wildman–Crippen MR) is 63.4 cm³/mol. The average molecular weight is 219 g/mol. The van der Waals surface area contributed by atoms with Crippen molar-refractivity contribution in [2.75, 3.05) is 5.32 Å². The average Bonchev–Trinajstić information content (AvgIpc) is 2.82. The molecule has 0 spiro atoms. The summed E-state index contributed by atoms with van der Waals surface area (Å²) in [5.41, 5.74) is 1.17. The molecule has 0 amide bonds. The van der Waals surface area contributed by atoms with Gasteiger partial charge in [0.25, 0.3) is 0 Å². The largest absolute Gasteiger partial charge is 0.465 e. The topological polar surface area (TPSA) is 43.0 Å². The van der Waals surface area contributed by atoms with E-state index in [4.69, 9.17) is 4.42 Å². The van der Waals surface area contributed by atoms with Crippen LogP contribution in [0.2, 0.25) is 0 Å². The maximum absolute atomic E-state index is 5.47. The summed E-state index contributed by atoms with van der Waals surface area (Å²) in [4.78, 5) is 0. The van der Waals surface area contributed by atoms with Gasteiger partial charge in [0.2, 0.25) is 0 Å². The van der Waals surface area contributed by atoms with Crippen molar-refractivity contribution in [3.8, 4) is 0 Å². The summed E-state index contributed by atoms with van der Waals surface area (Å²) < 4.78 is 7.44. The molecule has 16 heavy (non-hydrogen) atoms. The summed E-state index contributed by atoms with van der Waals surface area (Å²) in [5.74, 6) is 2.77. The number of furan rings is 1. The Hall–Kier alpha value is -1.71. The molecule has 2 aromatic rings. The molecule has 0 aliphatic rings. The zero-order valence-corrected chi connectivity index (χ0v) is 9.95. The second-order valence-corrected chi connectivity index (χ2v) is 3.85. The molecule has 0 atom stereocenters. The first-order chi connectivity index (χ1) is 7.69. The lowest BCUT2D eigenvalue weighted by Crippen LogP contribution is -2.01. The van der Waals surface area contributed by atoms with E-state index in [1.165, 1.54) is 5.69 Å². The number of aromatic nitrogens is 2. The molecule has 0 aromatic carbocycles. The maximum atomic E-state index is 5.47. The molecule has 4 heteroatoms. The fourth-order valence-corrected chi connectivity index (χ4v) is 1.67. The first-order valence-corrected chi connectivity index (χ1v) is 5.52. The van der Waals surface area contributed by atoms with Gasteiger partial charge in [-0.25, -0.2) is 0 Å². The van der Waals surface area contributed by atoms with Gasteiger partial charge in [-0.05, 0) is 32.9 Å². The van der Waals surface area contributed by atoms with Crippen LogP contribution in [0.3, 0.4) is 0 Å². The number of rotatable bonds is 4. The van der Waals surface area contributed by atoms with Crippen LogP contribution in [0, 0.1) is 13.8 Å². The van der Waals surface area contributed by atoms with Gasteiger partial charge >= 0.3 is 0 Å². The zero-order chi connectivity index (χ0) is 11.5. The van der Waals surface area contributed by atoms with Gasteiger partial charge in [0.1, 0.15) is 17.3 Å². The standard InChI is InChI=1S/C12H17N3O/c1-4-15-9(2)7-12(14-15)13-8-11-6-5-10(3)16-11/h5-7H,4,8H2,1-3H3,(H,13,14). The zero-order valence-electron chi connectivity index (χ0n) is 9.95. The third kappa shape index (κ3) is 2.27. The van der Waals surface area contributed by atoms with Crippen molar-refractivity contribution in [1.29, 1.82) is 0 Å². The van der Waals surface area contributed by atoms with Crippen LogP contribution in [0.15, 0.2) is 22.6 Å². The number of anilines is 1. The monoisotopic (exact) mass is 219 g/mol. The molecule has 0 radical (unpaired) electrons. The Balaban J connectivity index is 1.99. The Bertz CT molecular complexity index is 470. The molecule has 0 aliphatic heterocycles. The fraction of sp³-hybridized carbons (Fsp3) is 0.417. The molecule has 0 bridgehead atoms. The molecule has 0 unspecified atom stereocenters. The fourth-order valence-electron chi connectivity index (χ4n) is 1.67. The van der Waals surface area contributed by atoms with Crippen LogP contribution >= 0.6 is 0 Å². The summed E-state index contributed by atoms with van der Waals surface area (Å²) in [6, 6.07) is 5.98. The first kappa shape index (κ1) is 10.8. The maximum Gasteiger partial charge on any atom is 0.148 e. The molecule has 0 saturated carbocycles. The molecular weight excluding hydrogens is 202 g/mol. The van der Waals surface area contributed by atoms with E-state index in [-0.39, 0.29) is 0 Å². The molecule has 2 rings (SSSR count). The minimum Gasteiger partial charge on any atom is -0.465 e. The third-order valence-corrected chi connectivity index (χ3v) is 2.52. The van der Waals surface area contributed by atoms with Crippen molar-refractivity contribution < 1.29 is 4.42 Å². The molecule has 2 aromatic heterocycles. The van der Waals surface area contributed by atoms with E-state index in [9.17, 15) is 0 Å². The van der Waals surface area contributed by atoms with Crippen LogP contribution in [0.5, 0.6) is 0 Å². The van der Waals surface area contributed by atoms with Gasteiger partial charge in [0.05, 0.1) is 6.54 Å². The minimum atomic E-state index is 0.675. The Kier molecular flexibility index (Phi) is 2.99. The SMILES string of the molecule is CCn1nc(NCc2ccc(C)o2)cc1C. The summed E-state index contributed by atoms with van der Waals surface area (Å²) in [7, 11) is 0. The number of hydrogen-bond acceptors (Lipinski definition) is 3. The van der Waals surface area contributed by atoms with Crippen LogP contribution in [0.25, 0.3) is 0 Å². The van der Waals surface area contributed by atoms with Crippen molar-refractivity contribution in [2.45, 2.75) is 33.9 Å². The lowest BCUT2D eigenvalue weighted by Gasteiger charge is -1.99. The van der Waals surface area contributed by atoms with E-state index in [1.54, 1.807) is 0 Å². The highest BCUT2D eigenvalue weighted by Crippen LogP contribution is 2.11. The highest BCUT2D eigenvalue weighted by atomic mass is 16.3. The highest BCUT2D eigenvalue weighted by molar-refractivity contribution is 5.35. The van der Waals surface area contributed by atoms with Gasteiger partial charge in [-0.1, -0.05) is 0 Å². The van der Waals surface area contributed by atoms with Gasteiger partial charge in [0, 0.05) is 18.3 Å². The molecule has 0 saturated heterocycles. The number of nitrogens with one attached hydrogen (secondary N) is 1. The molecular formula is C12H17N3O. The number of hydrogen-bond donors (Lipinski definition) is 1. The van der Waals surface area contributed by atoms with Crippen LogP contribution in [0.1, 0.15) is 24.1 Å². The Labute approximate surface area is 95.3 Å². The molecule has 1 N–H and O–H groups in total. The second-order valence-electron chi connectivity index (χ2n) is 3.85. The summed E-state index contributed by atoms with van der Waals surface area (Å²) in [6.45, 7) is 7.65. The van der Waals surface area contributed by atoms with Crippen molar-refractivity contribution in [1.82, 2.24) is 9.78 Å². The van der Waals surface area contributed by atoms with Crippen LogP contribution in [0.4, 0.5) is 5.82 Å². The van der Waals surface area contributed by atoms with Crippen molar-refractivity contribution in [2.24, 2.45) is 0 Å².